The molecule has 1 aromatic heterocycles. The maximum absolute atomic E-state index is 8.80. The van der Waals surface area contributed by atoms with Crippen LogP contribution in [0.1, 0.15) is 25.5 Å². The summed E-state index contributed by atoms with van der Waals surface area (Å²) in [6.07, 6.45) is 4.14. The molecule has 0 amide bonds. The molecule has 1 unspecified atom stereocenters. The first-order valence-electron chi connectivity index (χ1n) is 6.60. The Bertz CT molecular complexity index is 350. The van der Waals surface area contributed by atoms with Gasteiger partial charge in [-0.25, -0.2) is 4.68 Å². The molecule has 0 aliphatic carbocycles. The van der Waals surface area contributed by atoms with E-state index in [1.807, 2.05) is 6.20 Å². The van der Waals surface area contributed by atoms with Crippen molar-refractivity contribution in [3.63, 3.8) is 0 Å². The number of aliphatic hydroxyl groups excluding tert-OH is 1. The van der Waals surface area contributed by atoms with Crippen LogP contribution in [0.25, 0.3) is 0 Å². The van der Waals surface area contributed by atoms with Gasteiger partial charge >= 0.3 is 0 Å². The standard InChI is InChI=1S/C12H22N4O2/c1-10(11-2-6-18-7-3-11)13-8-12-9-16(4-5-17)15-14-12/h9-11,13,17H,2-8H2,1H3. The second-order valence-corrected chi connectivity index (χ2v) is 4.82. The Balaban J connectivity index is 1.75. The number of hydrogen-bond acceptors (Lipinski definition) is 5. The number of hydrogen-bond donors (Lipinski definition) is 2. The second kappa shape index (κ2) is 6.82. The molecular formula is C12H22N4O2. The van der Waals surface area contributed by atoms with E-state index in [9.17, 15) is 0 Å². The summed E-state index contributed by atoms with van der Waals surface area (Å²) in [6, 6.07) is 0.469. The molecule has 1 atom stereocenters. The van der Waals surface area contributed by atoms with Crippen molar-refractivity contribution in [2.75, 3.05) is 19.8 Å². The molecule has 1 saturated heterocycles. The van der Waals surface area contributed by atoms with Crippen LogP contribution in [0, 0.1) is 5.92 Å². The molecule has 1 aliphatic heterocycles. The predicted molar refractivity (Wildman–Crippen MR) is 67.0 cm³/mol. The number of ether oxygens (including phenoxy) is 1. The maximum atomic E-state index is 8.80. The van der Waals surface area contributed by atoms with Crippen LogP contribution >= 0.6 is 0 Å². The summed E-state index contributed by atoms with van der Waals surface area (Å²) >= 11 is 0. The molecule has 2 rings (SSSR count). The minimum Gasteiger partial charge on any atom is -0.394 e. The Morgan fingerprint density at radius 1 is 1.56 bits per heavy atom. The first-order valence-corrected chi connectivity index (χ1v) is 6.60. The van der Waals surface area contributed by atoms with Gasteiger partial charge in [0.2, 0.25) is 0 Å². The van der Waals surface area contributed by atoms with Gasteiger partial charge in [-0.15, -0.1) is 5.10 Å². The molecule has 0 saturated carbocycles. The van der Waals surface area contributed by atoms with Crippen LogP contribution in [-0.2, 0) is 17.8 Å². The summed E-state index contributed by atoms with van der Waals surface area (Å²) in [7, 11) is 0. The van der Waals surface area contributed by atoms with E-state index in [2.05, 4.69) is 22.6 Å². The zero-order chi connectivity index (χ0) is 12.8. The lowest BCUT2D eigenvalue weighted by atomic mass is 9.93. The summed E-state index contributed by atoms with van der Waals surface area (Å²) in [5.41, 5.74) is 0.919. The van der Waals surface area contributed by atoms with Crippen molar-refractivity contribution < 1.29 is 9.84 Å². The second-order valence-electron chi connectivity index (χ2n) is 4.82. The fraction of sp³-hybridized carbons (Fsp3) is 0.833. The number of nitrogens with zero attached hydrogens (tertiary/aromatic N) is 3. The van der Waals surface area contributed by atoms with Gasteiger partial charge in [0, 0.05) is 32.0 Å². The van der Waals surface area contributed by atoms with Crippen LogP contribution in [0.15, 0.2) is 6.20 Å². The maximum Gasteiger partial charge on any atom is 0.0964 e. The third-order valence-electron chi connectivity index (χ3n) is 3.49. The van der Waals surface area contributed by atoms with Crippen LogP contribution in [0.2, 0.25) is 0 Å². The zero-order valence-corrected chi connectivity index (χ0v) is 10.9. The predicted octanol–water partition coefficient (Wildman–Crippen LogP) is 0.175. The van der Waals surface area contributed by atoms with E-state index in [0.717, 1.165) is 38.3 Å². The van der Waals surface area contributed by atoms with Crippen LogP contribution in [0.3, 0.4) is 0 Å². The first kappa shape index (κ1) is 13.5. The van der Waals surface area contributed by atoms with E-state index >= 15 is 0 Å². The summed E-state index contributed by atoms with van der Waals surface area (Å²) in [5.74, 6) is 0.686. The summed E-state index contributed by atoms with van der Waals surface area (Å²) in [4.78, 5) is 0. The van der Waals surface area contributed by atoms with Crippen molar-refractivity contribution in [3.8, 4) is 0 Å². The highest BCUT2D eigenvalue weighted by Gasteiger charge is 2.20. The monoisotopic (exact) mass is 254 g/mol. The Morgan fingerprint density at radius 2 is 2.33 bits per heavy atom. The van der Waals surface area contributed by atoms with Crippen molar-refractivity contribution in [1.82, 2.24) is 20.3 Å². The minimum atomic E-state index is 0.0920. The fourth-order valence-corrected chi connectivity index (χ4v) is 2.28. The third kappa shape index (κ3) is 3.76. The molecule has 1 aromatic rings. The van der Waals surface area contributed by atoms with Crippen molar-refractivity contribution in [2.24, 2.45) is 5.92 Å². The average molecular weight is 254 g/mol. The molecular weight excluding hydrogens is 232 g/mol. The Morgan fingerprint density at radius 3 is 3.06 bits per heavy atom. The van der Waals surface area contributed by atoms with Crippen molar-refractivity contribution in [2.45, 2.75) is 38.9 Å². The number of aliphatic hydroxyl groups is 1. The van der Waals surface area contributed by atoms with Crippen molar-refractivity contribution in [1.29, 1.82) is 0 Å². The lowest BCUT2D eigenvalue weighted by molar-refractivity contribution is 0.0557. The lowest BCUT2D eigenvalue weighted by Crippen LogP contribution is -2.36. The summed E-state index contributed by atoms with van der Waals surface area (Å²) in [5, 5.41) is 20.3. The average Bonchev–Trinajstić information content (AvgIpc) is 2.85. The Labute approximate surface area is 107 Å². The van der Waals surface area contributed by atoms with E-state index in [1.54, 1.807) is 4.68 Å². The Kier molecular flexibility index (Phi) is 5.10. The van der Waals surface area contributed by atoms with E-state index < -0.39 is 0 Å². The first-order chi connectivity index (χ1) is 8.79. The molecule has 6 nitrogen and oxygen atoms in total. The van der Waals surface area contributed by atoms with E-state index in [4.69, 9.17) is 9.84 Å². The van der Waals surface area contributed by atoms with Gasteiger partial charge < -0.3 is 15.2 Å². The zero-order valence-electron chi connectivity index (χ0n) is 10.9. The molecule has 2 N–H and O–H groups in total. The molecule has 102 valence electrons. The van der Waals surface area contributed by atoms with Gasteiger partial charge in [0.1, 0.15) is 0 Å². The highest BCUT2D eigenvalue weighted by atomic mass is 16.5. The highest BCUT2D eigenvalue weighted by molar-refractivity contribution is 4.92. The van der Waals surface area contributed by atoms with E-state index in [0.29, 0.717) is 18.5 Å². The SMILES string of the molecule is CC(NCc1cn(CCO)nn1)C1CCOCC1. The summed E-state index contributed by atoms with van der Waals surface area (Å²) < 4.78 is 7.03. The molecule has 6 heteroatoms. The Hall–Kier alpha value is -0.980. The van der Waals surface area contributed by atoms with E-state index in [-0.39, 0.29) is 6.61 Å². The molecule has 18 heavy (non-hydrogen) atoms. The van der Waals surface area contributed by atoms with Gasteiger partial charge in [-0.2, -0.15) is 0 Å². The third-order valence-corrected chi connectivity index (χ3v) is 3.49. The molecule has 2 heterocycles. The van der Waals surface area contributed by atoms with Gasteiger partial charge in [0.05, 0.1) is 18.8 Å². The fourth-order valence-electron chi connectivity index (χ4n) is 2.28. The minimum absolute atomic E-state index is 0.0920. The van der Waals surface area contributed by atoms with Crippen LogP contribution < -0.4 is 5.32 Å². The van der Waals surface area contributed by atoms with E-state index in [1.165, 1.54) is 0 Å². The van der Waals surface area contributed by atoms with Crippen LogP contribution in [-0.4, -0.2) is 46.0 Å². The smallest absolute Gasteiger partial charge is 0.0964 e. The number of rotatable bonds is 6. The normalized spacial score (nSPS) is 19.0. The quantitative estimate of drug-likeness (QED) is 0.757. The molecule has 0 spiro atoms. The number of aromatic nitrogens is 3. The highest BCUT2D eigenvalue weighted by Crippen LogP contribution is 2.18. The number of nitrogens with one attached hydrogen (secondary N) is 1. The van der Waals surface area contributed by atoms with Gasteiger partial charge in [0.25, 0.3) is 0 Å². The largest absolute Gasteiger partial charge is 0.394 e. The van der Waals surface area contributed by atoms with Gasteiger partial charge in [-0.05, 0) is 25.7 Å². The van der Waals surface area contributed by atoms with Crippen molar-refractivity contribution >= 4 is 0 Å². The molecule has 0 radical (unpaired) electrons. The topological polar surface area (TPSA) is 72.2 Å². The van der Waals surface area contributed by atoms with Gasteiger partial charge in [0.15, 0.2) is 0 Å². The molecule has 0 bridgehead atoms. The molecule has 1 aliphatic rings. The lowest BCUT2D eigenvalue weighted by Gasteiger charge is -2.28. The van der Waals surface area contributed by atoms with Gasteiger partial charge in [-0.1, -0.05) is 5.21 Å². The molecule has 0 aromatic carbocycles. The molecule has 1 fully saturated rings. The van der Waals surface area contributed by atoms with Crippen LogP contribution in [0.5, 0.6) is 0 Å². The van der Waals surface area contributed by atoms with Crippen LogP contribution in [0.4, 0.5) is 0 Å². The summed E-state index contributed by atoms with van der Waals surface area (Å²) in [6.45, 7) is 5.29. The van der Waals surface area contributed by atoms with Crippen molar-refractivity contribution in [3.05, 3.63) is 11.9 Å². The van der Waals surface area contributed by atoms with Gasteiger partial charge in [-0.3, -0.25) is 0 Å².